The van der Waals surface area contributed by atoms with Gasteiger partial charge in [0.25, 0.3) is 0 Å². The van der Waals surface area contributed by atoms with Crippen molar-refractivity contribution in [1.29, 1.82) is 0 Å². The molecule has 0 saturated heterocycles. The quantitative estimate of drug-likeness (QED) is 0.576. The zero-order valence-corrected chi connectivity index (χ0v) is 16.9. The Balaban J connectivity index is 1.78. The average Bonchev–Trinajstić information content (AvgIpc) is 3.22. The van der Waals surface area contributed by atoms with Crippen LogP contribution in [0.15, 0.2) is 27.9 Å². The summed E-state index contributed by atoms with van der Waals surface area (Å²) in [5.74, 6) is 1.35. The van der Waals surface area contributed by atoms with Crippen molar-refractivity contribution in [2.45, 2.75) is 45.4 Å². The zero-order chi connectivity index (χ0) is 17.6. The van der Waals surface area contributed by atoms with Crippen molar-refractivity contribution >= 4 is 28.6 Å². The summed E-state index contributed by atoms with van der Waals surface area (Å²) in [5, 5.41) is 12.3. The fourth-order valence-corrected chi connectivity index (χ4v) is 4.01. The Labute approximate surface area is 153 Å². The highest BCUT2D eigenvalue weighted by Gasteiger charge is 2.21. The van der Waals surface area contributed by atoms with Gasteiger partial charge < -0.3 is 10.6 Å². The molecule has 0 amide bonds. The van der Waals surface area contributed by atoms with Crippen LogP contribution in [0.5, 0.6) is 0 Å². The molecule has 0 radical (unpaired) electrons. The van der Waals surface area contributed by atoms with E-state index in [2.05, 4.69) is 71.2 Å². The van der Waals surface area contributed by atoms with Crippen LogP contribution in [-0.2, 0) is 11.8 Å². The van der Waals surface area contributed by atoms with Crippen LogP contribution in [0.3, 0.4) is 0 Å². The molecule has 0 aromatic carbocycles. The lowest BCUT2D eigenvalue weighted by atomic mass is 9.91. The van der Waals surface area contributed by atoms with Crippen LogP contribution in [0.2, 0.25) is 0 Å². The Kier molecular flexibility index (Phi) is 6.80. The van der Waals surface area contributed by atoms with Crippen molar-refractivity contribution in [3.05, 3.63) is 38.5 Å². The Hall–Kier alpha value is -1.40. The second-order valence-electron chi connectivity index (χ2n) is 6.80. The fourth-order valence-electron chi connectivity index (χ4n) is 2.29. The van der Waals surface area contributed by atoms with Crippen molar-refractivity contribution in [2.24, 2.45) is 4.99 Å². The van der Waals surface area contributed by atoms with E-state index in [1.54, 1.807) is 22.7 Å². The number of thiophene rings is 1. The highest BCUT2D eigenvalue weighted by atomic mass is 32.1. The number of nitrogens with one attached hydrogen (secondary N) is 2. The van der Waals surface area contributed by atoms with Gasteiger partial charge in [0.2, 0.25) is 0 Å². The predicted molar refractivity (Wildman–Crippen MR) is 107 cm³/mol. The summed E-state index contributed by atoms with van der Waals surface area (Å²) in [7, 11) is 1.81. The standard InChI is InChI=1S/C18H28N4S2/c1-13(2)16-22-14(11-24-16)8-9-20-17(19-5)21-12-18(3,4)15-7-6-10-23-15/h6-7,10-11,13H,8-9,12H2,1-5H3,(H2,19,20,21). The lowest BCUT2D eigenvalue weighted by Gasteiger charge is -2.25. The minimum atomic E-state index is 0.0901. The van der Waals surface area contributed by atoms with E-state index in [-0.39, 0.29) is 5.41 Å². The topological polar surface area (TPSA) is 49.3 Å². The molecule has 0 saturated carbocycles. The molecule has 2 N–H and O–H groups in total. The molecular weight excluding hydrogens is 336 g/mol. The molecule has 0 aliphatic rings. The number of thiazole rings is 1. The third-order valence-electron chi connectivity index (χ3n) is 3.85. The SMILES string of the molecule is CN=C(NCCc1csc(C(C)C)n1)NCC(C)(C)c1cccs1. The number of aliphatic imine (C=N–C) groups is 1. The first kappa shape index (κ1) is 18.9. The van der Waals surface area contributed by atoms with Crippen molar-refractivity contribution in [1.82, 2.24) is 15.6 Å². The summed E-state index contributed by atoms with van der Waals surface area (Å²) in [6.45, 7) is 10.6. The summed E-state index contributed by atoms with van der Waals surface area (Å²) >= 11 is 3.55. The summed E-state index contributed by atoms with van der Waals surface area (Å²) in [4.78, 5) is 10.4. The Morgan fingerprint density at radius 2 is 2.08 bits per heavy atom. The molecule has 132 valence electrons. The van der Waals surface area contributed by atoms with Gasteiger partial charge in [-0.05, 0) is 11.4 Å². The van der Waals surface area contributed by atoms with E-state index >= 15 is 0 Å². The van der Waals surface area contributed by atoms with Crippen LogP contribution in [0.25, 0.3) is 0 Å². The maximum Gasteiger partial charge on any atom is 0.191 e. The molecule has 0 aliphatic carbocycles. The molecule has 2 heterocycles. The molecule has 0 bridgehead atoms. The first-order valence-electron chi connectivity index (χ1n) is 8.35. The molecule has 0 spiro atoms. The van der Waals surface area contributed by atoms with Crippen LogP contribution < -0.4 is 10.6 Å². The monoisotopic (exact) mass is 364 g/mol. The molecule has 2 aromatic rings. The molecule has 2 rings (SSSR count). The second kappa shape index (κ2) is 8.62. The van der Waals surface area contributed by atoms with Gasteiger partial charge in [-0.25, -0.2) is 4.98 Å². The molecule has 0 fully saturated rings. The Bertz CT molecular complexity index is 642. The van der Waals surface area contributed by atoms with Crippen LogP contribution in [-0.4, -0.2) is 31.1 Å². The van der Waals surface area contributed by atoms with E-state index in [9.17, 15) is 0 Å². The smallest absolute Gasteiger partial charge is 0.191 e. The van der Waals surface area contributed by atoms with Crippen molar-refractivity contribution in [2.75, 3.05) is 20.1 Å². The number of hydrogen-bond acceptors (Lipinski definition) is 4. The molecule has 0 unspecified atom stereocenters. The number of aromatic nitrogens is 1. The minimum absolute atomic E-state index is 0.0901. The molecule has 0 aliphatic heterocycles. The summed E-state index contributed by atoms with van der Waals surface area (Å²) in [5.41, 5.74) is 1.25. The van der Waals surface area contributed by atoms with Gasteiger partial charge in [-0.1, -0.05) is 33.8 Å². The largest absolute Gasteiger partial charge is 0.356 e. The van der Waals surface area contributed by atoms with E-state index in [1.165, 1.54) is 9.88 Å². The van der Waals surface area contributed by atoms with Gasteiger partial charge in [0, 0.05) is 48.1 Å². The molecular formula is C18H28N4S2. The molecule has 0 atom stereocenters. The summed E-state index contributed by atoms with van der Waals surface area (Å²) in [6.07, 6.45) is 0.915. The van der Waals surface area contributed by atoms with E-state index in [1.807, 2.05) is 7.05 Å². The highest BCUT2D eigenvalue weighted by Crippen LogP contribution is 2.26. The number of rotatable bonds is 7. The average molecular weight is 365 g/mol. The lowest BCUT2D eigenvalue weighted by Crippen LogP contribution is -2.43. The van der Waals surface area contributed by atoms with Gasteiger partial charge in [0.1, 0.15) is 0 Å². The lowest BCUT2D eigenvalue weighted by molar-refractivity contribution is 0.518. The highest BCUT2D eigenvalue weighted by molar-refractivity contribution is 7.10. The maximum absolute atomic E-state index is 4.67. The summed E-state index contributed by atoms with van der Waals surface area (Å²) in [6, 6.07) is 4.30. The van der Waals surface area contributed by atoms with Crippen molar-refractivity contribution in [3.63, 3.8) is 0 Å². The van der Waals surface area contributed by atoms with Gasteiger partial charge in [-0.3, -0.25) is 4.99 Å². The van der Waals surface area contributed by atoms with Gasteiger partial charge in [0.05, 0.1) is 10.7 Å². The zero-order valence-electron chi connectivity index (χ0n) is 15.2. The van der Waals surface area contributed by atoms with Crippen molar-refractivity contribution in [3.8, 4) is 0 Å². The normalized spacial score (nSPS) is 12.7. The second-order valence-corrected chi connectivity index (χ2v) is 8.63. The van der Waals surface area contributed by atoms with E-state index in [0.717, 1.165) is 31.2 Å². The van der Waals surface area contributed by atoms with Crippen LogP contribution in [0, 0.1) is 0 Å². The minimum Gasteiger partial charge on any atom is -0.356 e. The Morgan fingerprint density at radius 3 is 2.67 bits per heavy atom. The van der Waals surface area contributed by atoms with Crippen molar-refractivity contribution < 1.29 is 0 Å². The molecule has 6 heteroatoms. The molecule has 24 heavy (non-hydrogen) atoms. The third kappa shape index (κ3) is 5.31. The number of guanidine groups is 1. The van der Waals surface area contributed by atoms with E-state index in [4.69, 9.17) is 0 Å². The first-order valence-corrected chi connectivity index (χ1v) is 10.1. The van der Waals surface area contributed by atoms with E-state index in [0.29, 0.717) is 5.92 Å². The van der Waals surface area contributed by atoms with Gasteiger partial charge in [-0.15, -0.1) is 22.7 Å². The fraction of sp³-hybridized carbons (Fsp3) is 0.556. The molecule has 4 nitrogen and oxygen atoms in total. The first-order chi connectivity index (χ1) is 11.4. The maximum atomic E-state index is 4.67. The van der Waals surface area contributed by atoms with E-state index < -0.39 is 0 Å². The summed E-state index contributed by atoms with van der Waals surface area (Å²) < 4.78 is 0. The number of nitrogens with zero attached hydrogens (tertiary/aromatic N) is 2. The molecule has 2 aromatic heterocycles. The van der Waals surface area contributed by atoms with Crippen LogP contribution in [0.1, 0.15) is 49.2 Å². The van der Waals surface area contributed by atoms with Gasteiger partial charge in [0.15, 0.2) is 5.96 Å². The third-order valence-corrected chi connectivity index (χ3v) is 6.28. The number of hydrogen-bond donors (Lipinski definition) is 2. The van der Waals surface area contributed by atoms with Gasteiger partial charge in [-0.2, -0.15) is 0 Å². The van der Waals surface area contributed by atoms with Crippen LogP contribution >= 0.6 is 22.7 Å². The van der Waals surface area contributed by atoms with Crippen LogP contribution in [0.4, 0.5) is 0 Å². The Morgan fingerprint density at radius 1 is 1.29 bits per heavy atom. The van der Waals surface area contributed by atoms with Gasteiger partial charge >= 0.3 is 0 Å². The predicted octanol–water partition coefficient (Wildman–Crippen LogP) is 4.01.